The molecule has 10 heteroatoms. The van der Waals surface area contributed by atoms with E-state index in [0.29, 0.717) is 49.9 Å². The van der Waals surface area contributed by atoms with E-state index in [1.807, 2.05) is 45.0 Å². The molecule has 33 heavy (non-hydrogen) atoms. The highest BCUT2D eigenvalue weighted by Crippen LogP contribution is 2.33. The summed E-state index contributed by atoms with van der Waals surface area (Å²) in [4.78, 5) is 25.8. The third-order valence-corrected chi connectivity index (χ3v) is 6.32. The summed E-state index contributed by atoms with van der Waals surface area (Å²) in [6.07, 6.45) is 1.43. The van der Waals surface area contributed by atoms with Gasteiger partial charge in [-0.3, -0.25) is 4.79 Å². The Morgan fingerprint density at radius 3 is 2.61 bits per heavy atom. The van der Waals surface area contributed by atoms with Crippen molar-refractivity contribution in [3.05, 3.63) is 64.7 Å². The molecule has 0 atom stereocenters. The van der Waals surface area contributed by atoms with E-state index in [1.54, 1.807) is 16.8 Å². The lowest BCUT2D eigenvalue weighted by Crippen LogP contribution is -2.41. The Hall–Kier alpha value is -2.79. The zero-order chi connectivity index (χ0) is 23.8. The van der Waals surface area contributed by atoms with E-state index in [4.69, 9.17) is 22.4 Å². The number of carbonyl (C=O) groups excluding carboxylic acids is 1. The van der Waals surface area contributed by atoms with Crippen molar-refractivity contribution in [1.29, 1.82) is 0 Å². The fraction of sp³-hybridized carbons (Fsp3) is 0.261. The molecule has 4 aromatic rings. The molecule has 0 saturated heterocycles. The topological polar surface area (TPSA) is 112 Å². The van der Waals surface area contributed by atoms with Crippen LogP contribution in [-0.4, -0.2) is 37.2 Å². The van der Waals surface area contributed by atoms with Gasteiger partial charge in [0.25, 0.3) is 5.91 Å². The number of halogens is 2. The van der Waals surface area contributed by atoms with Crippen molar-refractivity contribution in [3.8, 4) is 11.3 Å². The highest BCUT2D eigenvalue weighted by molar-refractivity contribution is 14.1. The van der Waals surface area contributed by atoms with Crippen molar-refractivity contribution < 1.29 is 4.79 Å². The number of nitrogens with zero attached hydrogens (tertiary/aromatic N) is 5. The van der Waals surface area contributed by atoms with E-state index in [2.05, 4.69) is 42.9 Å². The van der Waals surface area contributed by atoms with Crippen LogP contribution in [0.1, 0.15) is 35.5 Å². The summed E-state index contributed by atoms with van der Waals surface area (Å²) in [6, 6.07) is 11.4. The van der Waals surface area contributed by atoms with E-state index >= 15 is 0 Å². The lowest BCUT2D eigenvalue weighted by atomic mass is 10.1. The standard InChI is InChI=1S/C23H23ClIN7O/c1-13-4-6-14(7-5-13)19-18-20(26)28-12-29-21(18)32(31-19)23(2,3)11-27-22(33)15-8-9-17(24)30-16(15)10-25/h4-9,12H,10-11H2,1-3H3,(H,27,33)(H2,26,28,29). The minimum atomic E-state index is -0.609. The van der Waals surface area contributed by atoms with Crippen LogP contribution >= 0.6 is 34.2 Å². The Labute approximate surface area is 210 Å². The van der Waals surface area contributed by atoms with Gasteiger partial charge >= 0.3 is 0 Å². The minimum absolute atomic E-state index is 0.219. The first-order chi connectivity index (χ1) is 15.7. The van der Waals surface area contributed by atoms with E-state index < -0.39 is 5.54 Å². The average molecular weight is 576 g/mol. The first kappa shape index (κ1) is 23.4. The van der Waals surface area contributed by atoms with E-state index in [0.717, 1.165) is 11.1 Å². The summed E-state index contributed by atoms with van der Waals surface area (Å²) in [6.45, 7) is 6.30. The smallest absolute Gasteiger partial charge is 0.253 e. The van der Waals surface area contributed by atoms with Crippen LogP contribution in [0.15, 0.2) is 42.7 Å². The number of anilines is 1. The Bertz CT molecular complexity index is 1330. The zero-order valence-electron chi connectivity index (χ0n) is 18.4. The van der Waals surface area contributed by atoms with Gasteiger partial charge in [0.1, 0.15) is 23.0 Å². The molecule has 0 aliphatic carbocycles. The van der Waals surface area contributed by atoms with Crippen LogP contribution in [0.4, 0.5) is 5.82 Å². The number of benzene rings is 1. The molecule has 0 bridgehead atoms. The van der Waals surface area contributed by atoms with Crippen LogP contribution in [-0.2, 0) is 9.97 Å². The summed E-state index contributed by atoms with van der Waals surface area (Å²) < 4.78 is 2.37. The van der Waals surface area contributed by atoms with Crippen LogP contribution in [0.3, 0.4) is 0 Å². The monoisotopic (exact) mass is 575 g/mol. The minimum Gasteiger partial charge on any atom is -0.383 e. The molecule has 3 aromatic heterocycles. The molecule has 170 valence electrons. The molecule has 0 saturated carbocycles. The number of nitrogens with one attached hydrogen (secondary N) is 1. The number of nitrogens with two attached hydrogens (primary N) is 1. The highest BCUT2D eigenvalue weighted by Gasteiger charge is 2.28. The van der Waals surface area contributed by atoms with Gasteiger partial charge in [0.15, 0.2) is 5.65 Å². The Morgan fingerprint density at radius 2 is 1.91 bits per heavy atom. The van der Waals surface area contributed by atoms with Crippen LogP contribution in [0.25, 0.3) is 22.3 Å². The number of aromatic nitrogens is 5. The van der Waals surface area contributed by atoms with Gasteiger partial charge < -0.3 is 11.1 Å². The van der Waals surface area contributed by atoms with Gasteiger partial charge in [0.05, 0.1) is 22.2 Å². The third kappa shape index (κ3) is 4.65. The number of hydrogen-bond acceptors (Lipinski definition) is 6. The largest absolute Gasteiger partial charge is 0.383 e. The second-order valence-corrected chi connectivity index (χ2v) is 9.49. The zero-order valence-corrected chi connectivity index (χ0v) is 21.3. The highest BCUT2D eigenvalue weighted by atomic mass is 127. The number of nitrogen functional groups attached to an aromatic ring is 1. The number of rotatable bonds is 6. The number of hydrogen-bond donors (Lipinski definition) is 2. The summed E-state index contributed by atoms with van der Waals surface area (Å²) in [5.74, 6) is 0.142. The van der Waals surface area contributed by atoms with Crippen molar-refractivity contribution >= 4 is 57.0 Å². The average Bonchev–Trinajstić information content (AvgIpc) is 3.20. The quantitative estimate of drug-likeness (QED) is 0.199. The lowest BCUT2D eigenvalue weighted by Gasteiger charge is -2.26. The molecule has 4 rings (SSSR count). The van der Waals surface area contributed by atoms with Gasteiger partial charge in [-0.15, -0.1) is 0 Å². The Morgan fingerprint density at radius 1 is 1.18 bits per heavy atom. The molecule has 0 radical (unpaired) electrons. The molecule has 0 aliphatic rings. The Balaban J connectivity index is 1.69. The summed E-state index contributed by atoms with van der Waals surface area (Å²) in [5, 5.41) is 8.93. The number of alkyl halides is 1. The molecular weight excluding hydrogens is 553 g/mol. The fourth-order valence-corrected chi connectivity index (χ4v) is 4.31. The van der Waals surface area contributed by atoms with E-state index in [-0.39, 0.29) is 5.91 Å². The molecule has 0 spiro atoms. The third-order valence-electron chi connectivity index (χ3n) is 5.39. The lowest BCUT2D eigenvalue weighted by molar-refractivity contribution is 0.0935. The molecule has 8 nitrogen and oxygen atoms in total. The van der Waals surface area contributed by atoms with Crippen molar-refractivity contribution in [3.63, 3.8) is 0 Å². The van der Waals surface area contributed by atoms with E-state index in [9.17, 15) is 4.79 Å². The molecule has 3 heterocycles. The fourth-order valence-electron chi connectivity index (χ4n) is 3.56. The first-order valence-electron chi connectivity index (χ1n) is 10.3. The summed E-state index contributed by atoms with van der Waals surface area (Å²) in [7, 11) is 0. The number of carbonyl (C=O) groups is 1. The van der Waals surface area contributed by atoms with Crippen LogP contribution in [0.5, 0.6) is 0 Å². The second-order valence-electron chi connectivity index (χ2n) is 8.34. The summed E-state index contributed by atoms with van der Waals surface area (Å²) >= 11 is 8.14. The van der Waals surface area contributed by atoms with Gasteiger partial charge in [0.2, 0.25) is 0 Å². The number of fused-ring (bicyclic) bond motifs is 1. The molecule has 1 amide bonds. The van der Waals surface area contributed by atoms with Crippen LogP contribution < -0.4 is 11.1 Å². The molecule has 0 unspecified atom stereocenters. The normalized spacial score (nSPS) is 11.7. The molecule has 0 aliphatic heterocycles. The van der Waals surface area contributed by atoms with Gasteiger partial charge in [-0.25, -0.2) is 19.6 Å². The maximum atomic E-state index is 12.9. The van der Waals surface area contributed by atoms with Crippen molar-refractivity contribution in [2.45, 2.75) is 30.7 Å². The van der Waals surface area contributed by atoms with Gasteiger partial charge in [0, 0.05) is 16.5 Å². The molecule has 1 aromatic carbocycles. The van der Waals surface area contributed by atoms with E-state index in [1.165, 1.54) is 6.33 Å². The van der Waals surface area contributed by atoms with Crippen molar-refractivity contribution in [2.24, 2.45) is 0 Å². The predicted octanol–water partition coefficient (Wildman–Crippen LogP) is 4.53. The maximum Gasteiger partial charge on any atom is 0.253 e. The van der Waals surface area contributed by atoms with Gasteiger partial charge in [-0.05, 0) is 32.9 Å². The SMILES string of the molecule is Cc1ccc(-c2nn(C(C)(C)CNC(=O)c3ccc(Cl)nc3CI)c3ncnc(N)c23)cc1. The summed E-state index contributed by atoms with van der Waals surface area (Å²) in [5.41, 5.74) is 10.2. The Kier molecular flexibility index (Phi) is 6.53. The first-order valence-corrected chi connectivity index (χ1v) is 12.2. The van der Waals surface area contributed by atoms with Crippen molar-refractivity contribution in [1.82, 2.24) is 30.0 Å². The van der Waals surface area contributed by atoms with Gasteiger partial charge in [-0.2, -0.15) is 5.10 Å². The second kappa shape index (κ2) is 9.22. The molecule has 0 fully saturated rings. The molecule has 3 N–H and O–H groups in total. The van der Waals surface area contributed by atoms with Crippen molar-refractivity contribution in [2.75, 3.05) is 12.3 Å². The number of pyridine rings is 1. The van der Waals surface area contributed by atoms with Gasteiger partial charge in [-0.1, -0.05) is 64.0 Å². The van der Waals surface area contributed by atoms with Crippen LogP contribution in [0, 0.1) is 6.92 Å². The van der Waals surface area contributed by atoms with Crippen LogP contribution in [0.2, 0.25) is 5.15 Å². The number of amides is 1. The predicted molar refractivity (Wildman–Crippen MR) is 139 cm³/mol. The maximum absolute atomic E-state index is 12.9. The number of aryl methyl sites for hydroxylation is 1. The molecular formula is C23H23ClIN7O.